The summed E-state index contributed by atoms with van der Waals surface area (Å²) in [6.07, 6.45) is 1.25. The Kier molecular flexibility index (Phi) is 3.66. The van der Waals surface area contributed by atoms with E-state index in [4.69, 9.17) is 12.2 Å². The quantitative estimate of drug-likeness (QED) is 0.852. The number of imidazole rings is 1. The smallest absolute Gasteiger partial charge is 0.178 e. The zero-order valence-electron chi connectivity index (χ0n) is 10.9. The van der Waals surface area contributed by atoms with Crippen LogP contribution in [0.5, 0.6) is 0 Å². The maximum Gasteiger partial charge on any atom is 0.178 e. The first-order valence-electron chi connectivity index (χ1n) is 5.69. The molecule has 1 N–H and O–H groups in total. The summed E-state index contributed by atoms with van der Waals surface area (Å²) in [5.41, 5.74) is 1.80. The van der Waals surface area contributed by atoms with Gasteiger partial charge in [-0.3, -0.25) is 0 Å². The molecule has 1 heterocycles. The van der Waals surface area contributed by atoms with Gasteiger partial charge >= 0.3 is 0 Å². The number of rotatable bonds is 3. The van der Waals surface area contributed by atoms with Crippen LogP contribution in [0.1, 0.15) is 13.8 Å². The Morgan fingerprint density at radius 2 is 2.05 bits per heavy atom. The Morgan fingerprint density at radius 3 is 2.63 bits per heavy atom. The highest BCUT2D eigenvalue weighted by Gasteiger charge is 2.31. The van der Waals surface area contributed by atoms with Crippen LogP contribution in [0.2, 0.25) is 0 Å². The van der Waals surface area contributed by atoms with E-state index in [9.17, 15) is 8.42 Å². The highest BCUT2D eigenvalue weighted by molar-refractivity contribution is 9.10. The number of H-pyrrole nitrogens is 1. The average Bonchev–Trinajstić information content (AvgIpc) is 2.54. The molecule has 0 spiro atoms. The molecule has 7 heteroatoms. The van der Waals surface area contributed by atoms with Crippen LogP contribution in [-0.4, -0.2) is 29.0 Å². The van der Waals surface area contributed by atoms with Crippen molar-refractivity contribution in [1.29, 1.82) is 0 Å². The van der Waals surface area contributed by atoms with Crippen LogP contribution in [0, 0.1) is 4.77 Å². The average molecular weight is 363 g/mol. The van der Waals surface area contributed by atoms with Crippen molar-refractivity contribution in [1.82, 2.24) is 9.55 Å². The lowest BCUT2D eigenvalue weighted by molar-refractivity contribution is 0.506. The van der Waals surface area contributed by atoms with Crippen molar-refractivity contribution in [3.05, 3.63) is 27.4 Å². The van der Waals surface area contributed by atoms with Gasteiger partial charge < -0.3 is 9.55 Å². The maximum absolute atomic E-state index is 11.8. The number of nitrogens with one attached hydrogen (secondary N) is 1. The molecule has 0 aliphatic rings. The fraction of sp³-hybridized carbons (Fsp3) is 0.417. The lowest BCUT2D eigenvalue weighted by Gasteiger charge is -2.23. The van der Waals surface area contributed by atoms with Crippen molar-refractivity contribution >= 4 is 49.0 Å². The van der Waals surface area contributed by atoms with Crippen molar-refractivity contribution in [2.45, 2.75) is 25.1 Å². The molecule has 0 unspecified atom stereocenters. The molecule has 0 radical (unpaired) electrons. The molecule has 0 saturated carbocycles. The second-order valence-corrected chi connectivity index (χ2v) is 9.16. The van der Waals surface area contributed by atoms with Gasteiger partial charge in [0, 0.05) is 17.3 Å². The van der Waals surface area contributed by atoms with E-state index < -0.39 is 14.6 Å². The Hall–Kier alpha value is -0.660. The summed E-state index contributed by atoms with van der Waals surface area (Å²) in [6, 6.07) is 5.76. The summed E-state index contributed by atoms with van der Waals surface area (Å²) >= 11 is 8.70. The number of hydrogen-bond acceptors (Lipinski definition) is 3. The van der Waals surface area contributed by atoms with Crippen LogP contribution >= 0.6 is 28.1 Å². The van der Waals surface area contributed by atoms with E-state index in [0.717, 1.165) is 15.5 Å². The van der Waals surface area contributed by atoms with Crippen molar-refractivity contribution < 1.29 is 8.42 Å². The van der Waals surface area contributed by atoms with Gasteiger partial charge in [0.1, 0.15) is 0 Å². The lowest BCUT2D eigenvalue weighted by atomic mass is 10.2. The Balaban J connectivity index is 2.61. The molecule has 0 saturated heterocycles. The number of sulfone groups is 1. The van der Waals surface area contributed by atoms with Gasteiger partial charge in [-0.25, -0.2) is 8.42 Å². The van der Waals surface area contributed by atoms with Gasteiger partial charge in [0.15, 0.2) is 14.6 Å². The van der Waals surface area contributed by atoms with Crippen LogP contribution in [0.3, 0.4) is 0 Å². The third kappa shape index (κ3) is 2.78. The van der Waals surface area contributed by atoms with Crippen molar-refractivity contribution in [2.75, 3.05) is 6.26 Å². The number of fused-ring (bicyclic) bond motifs is 1. The van der Waals surface area contributed by atoms with Gasteiger partial charge in [-0.05, 0) is 44.3 Å². The van der Waals surface area contributed by atoms with Gasteiger partial charge in [-0.1, -0.05) is 15.9 Å². The zero-order chi connectivity index (χ0) is 14.4. The predicted molar refractivity (Wildman–Crippen MR) is 83.7 cm³/mol. The van der Waals surface area contributed by atoms with E-state index in [1.54, 1.807) is 13.8 Å². The highest BCUT2D eigenvalue weighted by atomic mass is 79.9. The minimum absolute atomic E-state index is 0.321. The van der Waals surface area contributed by atoms with E-state index in [0.29, 0.717) is 11.3 Å². The summed E-state index contributed by atoms with van der Waals surface area (Å²) in [5, 5.41) is 0. The van der Waals surface area contributed by atoms with Gasteiger partial charge in [0.05, 0.1) is 15.8 Å². The Labute approximate surface area is 125 Å². The van der Waals surface area contributed by atoms with Gasteiger partial charge in [0.2, 0.25) is 0 Å². The summed E-state index contributed by atoms with van der Waals surface area (Å²) < 4.78 is 26.1. The number of aromatic amines is 1. The fourth-order valence-electron chi connectivity index (χ4n) is 1.78. The molecule has 0 amide bonds. The van der Waals surface area contributed by atoms with Crippen LogP contribution in [0.4, 0.5) is 0 Å². The summed E-state index contributed by atoms with van der Waals surface area (Å²) in [6.45, 7) is 3.74. The second kappa shape index (κ2) is 4.71. The third-order valence-electron chi connectivity index (χ3n) is 3.28. The van der Waals surface area contributed by atoms with E-state index in [1.807, 2.05) is 22.8 Å². The molecule has 0 aliphatic carbocycles. The standard InChI is InChI=1S/C12H15BrN2O2S2/c1-12(2,19(3,16)17)7-15-10-6-8(13)4-5-9(10)14-11(15)18/h4-6H,7H2,1-3H3,(H,14,18). The molecule has 1 aromatic carbocycles. The first kappa shape index (κ1) is 14.7. The molecule has 2 rings (SSSR count). The van der Waals surface area contributed by atoms with E-state index >= 15 is 0 Å². The predicted octanol–water partition coefficient (Wildman–Crippen LogP) is 3.28. The summed E-state index contributed by atoms with van der Waals surface area (Å²) in [4.78, 5) is 3.09. The minimum Gasteiger partial charge on any atom is -0.331 e. The molecule has 0 atom stereocenters. The molecule has 1 aromatic heterocycles. The van der Waals surface area contributed by atoms with E-state index in [1.165, 1.54) is 6.26 Å². The van der Waals surface area contributed by atoms with Crippen LogP contribution < -0.4 is 0 Å². The largest absolute Gasteiger partial charge is 0.331 e. The number of aromatic nitrogens is 2. The van der Waals surface area contributed by atoms with Gasteiger partial charge in [0.25, 0.3) is 0 Å². The Morgan fingerprint density at radius 1 is 1.42 bits per heavy atom. The number of halogens is 1. The Bertz CT molecular complexity index is 788. The molecule has 4 nitrogen and oxygen atoms in total. The number of benzene rings is 1. The van der Waals surface area contributed by atoms with Crippen LogP contribution in [0.15, 0.2) is 22.7 Å². The molecule has 0 aliphatic heterocycles. The number of hydrogen-bond donors (Lipinski definition) is 1. The zero-order valence-corrected chi connectivity index (χ0v) is 14.1. The second-order valence-electron chi connectivity index (χ2n) is 5.21. The van der Waals surface area contributed by atoms with Crippen LogP contribution in [0.25, 0.3) is 11.0 Å². The first-order chi connectivity index (χ1) is 8.62. The van der Waals surface area contributed by atoms with E-state index in [-0.39, 0.29) is 0 Å². The van der Waals surface area contributed by atoms with Crippen molar-refractivity contribution in [3.8, 4) is 0 Å². The van der Waals surface area contributed by atoms with E-state index in [2.05, 4.69) is 20.9 Å². The van der Waals surface area contributed by atoms with Gasteiger partial charge in [-0.2, -0.15) is 0 Å². The maximum atomic E-state index is 11.8. The lowest BCUT2D eigenvalue weighted by Crippen LogP contribution is -2.35. The molecule has 2 aromatic rings. The highest BCUT2D eigenvalue weighted by Crippen LogP contribution is 2.24. The SMILES string of the molecule is CC(C)(Cn1c(=S)[nH]c2ccc(Br)cc21)S(C)(=O)=O. The number of nitrogens with zero attached hydrogens (tertiary/aromatic N) is 1. The summed E-state index contributed by atoms with van der Waals surface area (Å²) in [5.74, 6) is 0. The molecule has 0 fully saturated rings. The normalized spacial score (nSPS) is 13.1. The first-order valence-corrected chi connectivity index (χ1v) is 8.79. The topological polar surface area (TPSA) is 54.9 Å². The third-order valence-corrected chi connectivity index (χ3v) is 6.23. The molecule has 0 bridgehead atoms. The minimum atomic E-state index is -3.17. The molecule has 104 valence electrons. The van der Waals surface area contributed by atoms with Gasteiger partial charge in [-0.15, -0.1) is 0 Å². The molecule has 19 heavy (non-hydrogen) atoms. The molecular weight excluding hydrogens is 348 g/mol. The van der Waals surface area contributed by atoms with Crippen molar-refractivity contribution in [2.24, 2.45) is 0 Å². The molecular formula is C12H15BrN2O2S2. The fourth-order valence-corrected chi connectivity index (χ4v) is 2.77. The monoisotopic (exact) mass is 362 g/mol. The van der Waals surface area contributed by atoms with Crippen LogP contribution in [-0.2, 0) is 16.4 Å². The van der Waals surface area contributed by atoms with Crippen molar-refractivity contribution in [3.63, 3.8) is 0 Å². The summed E-state index contributed by atoms with van der Waals surface area (Å²) in [7, 11) is -3.17.